The maximum atomic E-state index is 5.71. The van der Waals surface area contributed by atoms with Gasteiger partial charge in [0.25, 0.3) is 0 Å². The van der Waals surface area contributed by atoms with Gasteiger partial charge in [0.1, 0.15) is 24.2 Å². The first-order valence-corrected chi connectivity index (χ1v) is 9.68. The molecule has 0 aliphatic heterocycles. The predicted molar refractivity (Wildman–Crippen MR) is 124 cm³/mol. The van der Waals surface area contributed by atoms with Gasteiger partial charge in [0.05, 0.1) is 36.6 Å². The highest BCUT2D eigenvalue weighted by atomic mass is 32.1. The van der Waals surface area contributed by atoms with Gasteiger partial charge in [-0.3, -0.25) is 9.13 Å². The van der Waals surface area contributed by atoms with Crippen LogP contribution in [0.1, 0.15) is 0 Å². The van der Waals surface area contributed by atoms with Gasteiger partial charge in [-0.2, -0.15) is 0 Å². The zero-order valence-corrected chi connectivity index (χ0v) is 17.4. The minimum absolute atomic E-state index is 0.575. The number of para-hydroxylation sites is 2. The molecule has 3 aromatic carbocycles. The summed E-state index contributed by atoms with van der Waals surface area (Å²) in [4.78, 5) is 9.12. The monoisotopic (exact) mass is 416 g/mol. The predicted octanol–water partition coefficient (Wildman–Crippen LogP) is 5.61. The Morgan fingerprint density at radius 2 is 1.07 bits per heavy atom. The number of methoxy groups -OCH3 is 2. The fraction of sp³-hybridized carbons (Fsp3) is 0.0870. The van der Waals surface area contributed by atoms with Gasteiger partial charge in [-0.1, -0.05) is 12.1 Å². The van der Waals surface area contributed by atoms with Crippen molar-refractivity contribution in [3.8, 4) is 11.5 Å². The number of aliphatic imine (C=N–C) groups is 2. The summed E-state index contributed by atoms with van der Waals surface area (Å²) in [5.41, 5.74) is 3.50. The van der Waals surface area contributed by atoms with Crippen LogP contribution < -0.4 is 9.47 Å². The molecule has 0 unspecified atom stereocenters. The van der Waals surface area contributed by atoms with E-state index in [1.165, 1.54) is 0 Å². The molecule has 0 saturated carbocycles. The molecule has 0 radical (unpaired) electrons. The third kappa shape index (κ3) is 4.01. The molecule has 0 bridgehead atoms. The number of ether oxygens (including phenoxy) is 2. The highest BCUT2D eigenvalue weighted by molar-refractivity contribution is 7.71. The van der Waals surface area contributed by atoms with Gasteiger partial charge in [0.15, 0.2) is 4.77 Å². The summed E-state index contributed by atoms with van der Waals surface area (Å²) in [5.74, 6) is 1.58. The van der Waals surface area contributed by atoms with Crippen LogP contribution in [0, 0.1) is 4.77 Å². The van der Waals surface area contributed by atoms with Gasteiger partial charge in [0, 0.05) is 0 Å². The summed E-state index contributed by atoms with van der Waals surface area (Å²) in [6, 6.07) is 23.0. The zero-order valence-electron chi connectivity index (χ0n) is 16.6. The third-order valence-corrected chi connectivity index (χ3v) is 5.00. The Kier molecular flexibility index (Phi) is 5.72. The number of hydrogen-bond donors (Lipinski definition) is 0. The minimum atomic E-state index is 0.575. The van der Waals surface area contributed by atoms with Crippen molar-refractivity contribution in [3.05, 3.63) is 77.6 Å². The van der Waals surface area contributed by atoms with Gasteiger partial charge in [-0.05, 0) is 72.9 Å². The van der Waals surface area contributed by atoms with Crippen LogP contribution in [-0.4, -0.2) is 36.0 Å². The lowest BCUT2D eigenvalue weighted by Gasteiger charge is -2.00. The molecule has 4 aromatic rings. The fourth-order valence-corrected chi connectivity index (χ4v) is 3.29. The Labute approximate surface area is 179 Å². The summed E-state index contributed by atoms with van der Waals surface area (Å²) in [7, 11) is 3.28. The first-order chi connectivity index (χ1) is 14.7. The largest absolute Gasteiger partial charge is 0.497 e. The number of benzene rings is 3. The maximum absolute atomic E-state index is 5.71. The first-order valence-electron chi connectivity index (χ1n) is 9.27. The second-order valence-corrected chi connectivity index (χ2v) is 6.76. The maximum Gasteiger partial charge on any atom is 0.191 e. The molecule has 4 rings (SSSR count). The van der Waals surface area contributed by atoms with Crippen molar-refractivity contribution in [2.75, 3.05) is 14.2 Å². The molecule has 7 heteroatoms. The Bertz CT molecular complexity index is 1170. The number of aromatic nitrogens is 2. The molecule has 0 atom stereocenters. The molecule has 0 N–H and O–H groups in total. The van der Waals surface area contributed by atoms with Crippen molar-refractivity contribution < 1.29 is 9.47 Å². The summed E-state index contributed by atoms with van der Waals surface area (Å²) >= 11 is 5.71. The van der Waals surface area contributed by atoms with E-state index in [-0.39, 0.29) is 0 Å². The molecule has 0 amide bonds. The Hall–Kier alpha value is -3.71. The summed E-state index contributed by atoms with van der Waals surface area (Å²) in [6.07, 6.45) is 3.45. The number of imidazole rings is 1. The van der Waals surface area contributed by atoms with E-state index in [0.29, 0.717) is 4.77 Å². The summed E-state index contributed by atoms with van der Waals surface area (Å²) < 4.78 is 14.7. The topological polar surface area (TPSA) is 53.0 Å². The van der Waals surface area contributed by atoms with Crippen LogP contribution in [0.4, 0.5) is 11.4 Å². The lowest BCUT2D eigenvalue weighted by atomic mass is 10.3. The first kappa shape index (κ1) is 19.6. The van der Waals surface area contributed by atoms with Gasteiger partial charge in [0.2, 0.25) is 0 Å². The van der Waals surface area contributed by atoms with E-state index >= 15 is 0 Å². The van der Waals surface area contributed by atoms with Crippen LogP contribution >= 0.6 is 12.2 Å². The molecule has 6 nitrogen and oxygen atoms in total. The van der Waals surface area contributed by atoms with Crippen LogP contribution in [0.3, 0.4) is 0 Å². The molecule has 30 heavy (non-hydrogen) atoms. The SMILES string of the molecule is COc1ccc(N=Cn2c(=S)n(C=Nc3ccc(OC)cc3)c3ccccc32)cc1. The van der Waals surface area contributed by atoms with Gasteiger partial charge >= 0.3 is 0 Å². The second-order valence-electron chi connectivity index (χ2n) is 6.40. The average molecular weight is 417 g/mol. The van der Waals surface area contributed by atoms with E-state index in [1.807, 2.05) is 81.9 Å². The molecular weight excluding hydrogens is 396 g/mol. The average Bonchev–Trinajstić information content (AvgIpc) is 3.07. The Balaban J connectivity index is 1.70. The van der Waals surface area contributed by atoms with E-state index in [2.05, 4.69) is 9.98 Å². The number of nitrogens with zero attached hydrogens (tertiary/aromatic N) is 4. The molecule has 0 spiro atoms. The van der Waals surface area contributed by atoms with Crippen LogP contribution in [0.15, 0.2) is 82.8 Å². The molecule has 0 aliphatic carbocycles. The molecule has 0 aliphatic rings. The molecule has 150 valence electrons. The molecule has 0 saturated heterocycles. The Morgan fingerprint density at radius 1 is 0.667 bits per heavy atom. The van der Waals surface area contributed by atoms with Crippen molar-refractivity contribution in [2.45, 2.75) is 0 Å². The molecule has 0 fully saturated rings. The van der Waals surface area contributed by atoms with Gasteiger partial charge < -0.3 is 9.47 Å². The van der Waals surface area contributed by atoms with Crippen LogP contribution in [-0.2, 0) is 0 Å². The lowest BCUT2D eigenvalue weighted by molar-refractivity contribution is 0.415. The highest BCUT2D eigenvalue weighted by Gasteiger charge is 2.07. The second kappa shape index (κ2) is 8.75. The smallest absolute Gasteiger partial charge is 0.191 e. The molecular formula is C23H20N4O2S. The summed E-state index contributed by atoms with van der Waals surface area (Å²) in [6.45, 7) is 0. The van der Waals surface area contributed by atoms with Crippen LogP contribution in [0.25, 0.3) is 11.0 Å². The Morgan fingerprint density at radius 3 is 1.43 bits per heavy atom. The highest BCUT2D eigenvalue weighted by Crippen LogP contribution is 2.20. The normalized spacial score (nSPS) is 11.5. The van der Waals surface area contributed by atoms with Crippen LogP contribution in [0.5, 0.6) is 11.5 Å². The fourth-order valence-electron chi connectivity index (χ4n) is 3.00. The summed E-state index contributed by atoms with van der Waals surface area (Å²) in [5, 5.41) is 0. The van der Waals surface area contributed by atoms with Crippen molar-refractivity contribution >= 4 is 47.3 Å². The quantitative estimate of drug-likeness (QED) is 0.233. The van der Waals surface area contributed by atoms with E-state index < -0.39 is 0 Å². The van der Waals surface area contributed by atoms with E-state index in [9.17, 15) is 0 Å². The van der Waals surface area contributed by atoms with Crippen molar-refractivity contribution in [1.82, 2.24) is 9.13 Å². The van der Waals surface area contributed by atoms with E-state index in [4.69, 9.17) is 21.7 Å². The molecule has 1 heterocycles. The minimum Gasteiger partial charge on any atom is -0.497 e. The number of rotatable bonds is 6. The molecule has 1 aromatic heterocycles. The van der Waals surface area contributed by atoms with Gasteiger partial charge in [-0.15, -0.1) is 0 Å². The van der Waals surface area contributed by atoms with Crippen molar-refractivity contribution in [2.24, 2.45) is 9.98 Å². The number of fused-ring (bicyclic) bond motifs is 1. The lowest BCUT2D eigenvalue weighted by Crippen LogP contribution is -1.99. The van der Waals surface area contributed by atoms with Crippen molar-refractivity contribution in [3.63, 3.8) is 0 Å². The van der Waals surface area contributed by atoms with Gasteiger partial charge in [-0.25, -0.2) is 9.98 Å². The standard InChI is InChI=1S/C23H20N4O2S/c1-28-19-11-7-17(8-12-19)24-15-26-21-5-3-4-6-22(21)27(23(26)30)16-25-18-9-13-20(29-2)14-10-18/h3-16H,1-2H3. The van der Waals surface area contributed by atoms with E-state index in [0.717, 1.165) is 33.9 Å². The van der Waals surface area contributed by atoms with Crippen molar-refractivity contribution in [1.29, 1.82) is 0 Å². The van der Waals surface area contributed by atoms with Crippen LogP contribution in [0.2, 0.25) is 0 Å². The van der Waals surface area contributed by atoms with E-state index in [1.54, 1.807) is 26.9 Å². The zero-order chi connectivity index (χ0) is 20.9. The third-order valence-electron chi connectivity index (χ3n) is 4.60. The number of hydrogen-bond acceptors (Lipinski definition) is 5.